The van der Waals surface area contributed by atoms with Gasteiger partial charge in [0.25, 0.3) is 0 Å². The Morgan fingerprint density at radius 1 is 1.04 bits per heavy atom. The van der Waals surface area contributed by atoms with Gasteiger partial charge in [-0.05, 0) is 57.5 Å². The van der Waals surface area contributed by atoms with Crippen LogP contribution in [0.2, 0.25) is 0 Å². The van der Waals surface area contributed by atoms with Crippen LogP contribution in [0.15, 0.2) is 42.5 Å². The lowest BCUT2D eigenvalue weighted by Gasteiger charge is -2.25. The van der Waals surface area contributed by atoms with Crippen molar-refractivity contribution in [3.63, 3.8) is 0 Å². The molecule has 0 aliphatic carbocycles. The van der Waals surface area contributed by atoms with Crippen molar-refractivity contribution < 1.29 is 23.0 Å². The van der Waals surface area contributed by atoms with E-state index < -0.39 is 23.2 Å². The van der Waals surface area contributed by atoms with Crippen molar-refractivity contribution in [3.05, 3.63) is 54.1 Å². The highest BCUT2D eigenvalue weighted by Crippen LogP contribution is 2.27. The number of carbonyl (C=O) groups excluding carboxylic acids is 1. The maximum absolute atomic E-state index is 13.8. The molecule has 0 radical (unpaired) electrons. The molecular weight excluding hydrogens is 314 g/mol. The molecule has 3 nitrogen and oxygen atoms in total. The average molecular weight is 334 g/mol. The molecule has 0 saturated carbocycles. The van der Waals surface area contributed by atoms with E-state index in [2.05, 4.69) is 0 Å². The molecule has 0 N–H and O–H groups in total. The summed E-state index contributed by atoms with van der Waals surface area (Å²) >= 11 is 0. The van der Waals surface area contributed by atoms with E-state index in [-0.39, 0.29) is 6.10 Å². The predicted octanol–water partition coefficient (Wildman–Crippen LogP) is 4.74. The average Bonchev–Trinajstić information content (AvgIpc) is 2.47. The highest BCUT2D eigenvalue weighted by Gasteiger charge is 2.32. The van der Waals surface area contributed by atoms with Gasteiger partial charge in [-0.3, -0.25) is 0 Å². The van der Waals surface area contributed by atoms with E-state index in [0.29, 0.717) is 16.9 Å². The molecule has 0 heterocycles. The Balaban J connectivity index is 2.16. The van der Waals surface area contributed by atoms with Crippen LogP contribution in [0.25, 0.3) is 11.1 Å². The number of benzene rings is 2. The molecule has 0 atom stereocenters. The van der Waals surface area contributed by atoms with Gasteiger partial charge >= 0.3 is 5.97 Å². The Morgan fingerprint density at radius 3 is 2.21 bits per heavy atom. The number of halogens is 2. The predicted molar refractivity (Wildman–Crippen MR) is 87.7 cm³/mol. The topological polar surface area (TPSA) is 35.5 Å². The van der Waals surface area contributed by atoms with Gasteiger partial charge in [-0.2, -0.15) is 0 Å². The summed E-state index contributed by atoms with van der Waals surface area (Å²) in [5, 5.41) is 0. The Kier molecular flexibility index (Phi) is 5.22. The standard InChI is InChI=1S/C19H20F2O3/c1-12(2)23-18(22)19(3,4)24-15-8-5-13(6-9-15)16-10-7-14(20)11-17(16)21/h5-12H,1-4H3. The molecule has 128 valence electrons. The second kappa shape index (κ2) is 6.99. The first kappa shape index (κ1) is 17.9. The molecule has 0 amide bonds. The maximum atomic E-state index is 13.8. The van der Waals surface area contributed by atoms with Crippen molar-refractivity contribution >= 4 is 5.97 Å². The molecule has 0 aliphatic heterocycles. The molecule has 0 spiro atoms. The van der Waals surface area contributed by atoms with Gasteiger partial charge in [-0.15, -0.1) is 0 Å². The third-order valence-electron chi connectivity index (χ3n) is 3.30. The lowest BCUT2D eigenvalue weighted by atomic mass is 10.0. The third-order valence-corrected chi connectivity index (χ3v) is 3.30. The smallest absolute Gasteiger partial charge is 0.350 e. The second-order valence-electron chi connectivity index (χ2n) is 6.21. The van der Waals surface area contributed by atoms with Gasteiger partial charge in [0.2, 0.25) is 0 Å². The molecule has 24 heavy (non-hydrogen) atoms. The SMILES string of the molecule is CC(C)OC(=O)C(C)(C)Oc1ccc(-c2ccc(F)cc2F)cc1. The molecule has 0 aromatic heterocycles. The first-order valence-corrected chi connectivity index (χ1v) is 7.64. The van der Waals surface area contributed by atoms with Crippen molar-refractivity contribution in [1.82, 2.24) is 0 Å². The van der Waals surface area contributed by atoms with Crippen molar-refractivity contribution in [2.75, 3.05) is 0 Å². The van der Waals surface area contributed by atoms with Gasteiger partial charge in [0.05, 0.1) is 6.10 Å². The van der Waals surface area contributed by atoms with Crippen LogP contribution in [0.5, 0.6) is 5.75 Å². The quantitative estimate of drug-likeness (QED) is 0.741. The zero-order valence-corrected chi connectivity index (χ0v) is 14.1. The van der Waals surface area contributed by atoms with E-state index in [1.54, 1.807) is 52.0 Å². The summed E-state index contributed by atoms with van der Waals surface area (Å²) in [6.45, 7) is 6.76. The van der Waals surface area contributed by atoms with E-state index in [1.165, 1.54) is 12.1 Å². The lowest BCUT2D eigenvalue weighted by Crippen LogP contribution is -2.40. The Hall–Kier alpha value is -2.43. The minimum atomic E-state index is -1.15. The van der Waals surface area contributed by atoms with Crippen LogP contribution in [-0.4, -0.2) is 17.7 Å². The van der Waals surface area contributed by atoms with Gasteiger partial charge in [-0.25, -0.2) is 13.6 Å². The van der Waals surface area contributed by atoms with Crippen molar-refractivity contribution in [2.24, 2.45) is 0 Å². The molecule has 2 aromatic rings. The molecule has 0 bridgehead atoms. The summed E-state index contributed by atoms with van der Waals surface area (Å²) in [6.07, 6.45) is -0.232. The molecule has 5 heteroatoms. The van der Waals surface area contributed by atoms with Gasteiger partial charge in [-0.1, -0.05) is 12.1 Å². The third kappa shape index (κ3) is 4.31. The summed E-state index contributed by atoms with van der Waals surface area (Å²) < 4.78 is 37.6. The summed E-state index contributed by atoms with van der Waals surface area (Å²) in [5.41, 5.74) is -0.267. The van der Waals surface area contributed by atoms with Gasteiger partial charge in [0.15, 0.2) is 5.60 Å². The fraction of sp³-hybridized carbons (Fsp3) is 0.316. The van der Waals surface area contributed by atoms with Gasteiger partial charge in [0, 0.05) is 11.6 Å². The van der Waals surface area contributed by atoms with Crippen molar-refractivity contribution in [3.8, 4) is 16.9 Å². The Labute approximate surface area is 140 Å². The first-order valence-electron chi connectivity index (χ1n) is 7.64. The summed E-state index contributed by atoms with van der Waals surface area (Å²) in [5.74, 6) is -1.27. The van der Waals surface area contributed by atoms with Crippen LogP contribution in [0.3, 0.4) is 0 Å². The van der Waals surface area contributed by atoms with Crippen molar-refractivity contribution in [1.29, 1.82) is 0 Å². The number of carbonyl (C=O) groups is 1. The number of esters is 1. The molecule has 0 fully saturated rings. The van der Waals surface area contributed by atoms with E-state index in [4.69, 9.17) is 9.47 Å². The summed E-state index contributed by atoms with van der Waals surface area (Å²) in [6, 6.07) is 9.97. The number of ether oxygens (including phenoxy) is 2. The summed E-state index contributed by atoms with van der Waals surface area (Å²) in [4.78, 5) is 12.0. The molecular formula is C19H20F2O3. The molecule has 2 aromatic carbocycles. The van der Waals surface area contributed by atoms with E-state index in [0.717, 1.165) is 6.07 Å². The lowest BCUT2D eigenvalue weighted by molar-refractivity contribution is -0.163. The molecule has 0 saturated heterocycles. The number of hydrogen-bond acceptors (Lipinski definition) is 3. The fourth-order valence-electron chi connectivity index (χ4n) is 2.12. The monoisotopic (exact) mass is 334 g/mol. The molecule has 0 unspecified atom stereocenters. The van der Waals surface area contributed by atoms with E-state index >= 15 is 0 Å². The van der Waals surface area contributed by atoms with Crippen LogP contribution in [0.1, 0.15) is 27.7 Å². The Bertz CT molecular complexity index is 722. The number of rotatable bonds is 5. The second-order valence-corrected chi connectivity index (χ2v) is 6.21. The molecule has 2 rings (SSSR count). The van der Waals surface area contributed by atoms with Crippen LogP contribution in [-0.2, 0) is 9.53 Å². The zero-order valence-electron chi connectivity index (χ0n) is 14.1. The summed E-state index contributed by atoms with van der Waals surface area (Å²) in [7, 11) is 0. The largest absolute Gasteiger partial charge is 0.476 e. The number of hydrogen-bond donors (Lipinski definition) is 0. The van der Waals surface area contributed by atoms with Crippen LogP contribution in [0.4, 0.5) is 8.78 Å². The van der Waals surface area contributed by atoms with E-state index in [9.17, 15) is 13.6 Å². The first-order chi connectivity index (χ1) is 11.2. The van der Waals surface area contributed by atoms with Crippen LogP contribution < -0.4 is 4.74 Å². The van der Waals surface area contributed by atoms with Crippen LogP contribution in [0, 0.1) is 11.6 Å². The Morgan fingerprint density at radius 2 is 1.67 bits per heavy atom. The fourth-order valence-corrected chi connectivity index (χ4v) is 2.12. The zero-order chi connectivity index (χ0) is 17.9. The van der Waals surface area contributed by atoms with E-state index in [1.807, 2.05) is 0 Å². The highest BCUT2D eigenvalue weighted by atomic mass is 19.1. The molecule has 0 aliphatic rings. The minimum Gasteiger partial charge on any atom is -0.476 e. The normalized spacial score (nSPS) is 11.5. The highest BCUT2D eigenvalue weighted by molar-refractivity contribution is 5.79. The van der Waals surface area contributed by atoms with Crippen LogP contribution >= 0.6 is 0 Å². The van der Waals surface area contributed by atoms with Gasteiger partial charge < -0.3 is 9.47 Å². The maximum Gasteiger partial charge on any atom is 0.350 e. The van der Waals surface area contributed by atoms with Gasteiger partial charge in [0.1, 0.15) is 17.4 Å². The van der Waals surface area contributed by atoms with Crippen molar-refractivity contribution in [2.45, 2.75) is 39.4 Å². The minimum absolute atomic E-state index is 0.232.